The Labute approximate surface area is 144 Å². The molecule has 0 amide bonds. The van der Waals surface area contributed by atoms with Crippen LogP contribution in [-0.2, 0) is 13.0 Å². The standard InChI is InChI=1S/C19H26N4O/c1-5-20-19-21-17(13(2)3)11-18(22-19)23-9-8-14-10-16(24-4)7-6-15(14)12-23/h6-7,10-11,13H,5,8-9,12H2,1-4H3,(H,20,21,22). The van der Waals surface area contributed by atoms with E-state index in [9.17, 15) is 0 Å². The summed E-state index contributed by atoms with van der Waals surface area (Å²) in [5, 5.41) is 3.25. The Kier molecular flexibility index (Phi) is 4.88. The van der Waals surface area contributed by atoms with Gasteiger partial charge in [0.15, 0.2) is 0 Å². The lowest BCUT2D eigenvalue weighted by Crippen LogP contribution is -2.31. The zero-order valence-electron chi connectivity index (χ0n) is 15.0. The molecule has 0 unspecified atom stereocenters. The molecule has 24 heavy (non-hydrogen) atoms. The Balaban J connectivity index is 1.89. The van der Waals surface area contributed by atoms with Gasteiger partial charge in [-0.2, -0.15) is 4.98 Å². The minimum absolute atomic E-state index is 0.380. The van der Waals surface area contributed by atoms with Gasteiger partial charge in [-0.05, 0) is 42.5 Å². The van der Waals surface area contributed by atoms with Gasteiger partial charge >= 0.3 is 0 Å². The summed E-state index contributed by atoms with van der Waals surface area (Å²) in [6, 6.07) is 8.47. The minimum atomic E-state index is 0.380. The SMILES string of the molecule is CCNc1nc(C(C)C)cc(N2CCc3cc(OC)ccc3C2)n1. The molecule has 0 spiro atoms. The molecule has 2 aromatic rings. The van der Waals surface area contributed by atoms with Crippen molar-refractivity contribution in [1.29, 1.82) is 0 Å². The number of hydrogen-bond donors (Lipinski definition) is 1. The Morgan fingerprint density at radius 3 is 2.75 bits per heavy atom. The van der Waals surface area contributed by atoms with Crippen LogP contribution in [0.15, 0.2) is 24.3 Å². The number of nitrogens with zero attached hydrogens (tertiary/aromatic N) is 3. The fourth-order valence-electron chi connectivity index (χ4n) is 3.00. The van der Waals surface area contributed by atoms with E-state index in [2.05, 4.69) is 54.2 Å². The lowest BCUT2D eigenvalue weighted by Gasteiger charge is -2.30. The lowest BCUT2D eigenvalue weighted by atomic mass is 9.99. The van der Waals surface area contributed by atoms with E-state index in [1.807, 2.05) is 6.07 Å². The third kappa shape index (κ3) is 3.45. The highest BCUT2D eigenvalue weighted by atomic mass is 16.5. The number of rotatable bonds is 5. The second-order valence-electron chi connectivity index (χ2n) is 6.47. The molecule has 0 aliphatic carbocycles. The van der Waals surface area contributed by atoms with Gasteiger partial charge in [-0.15, -0.1) is 0 Å². The molecule has 1 aliphatic heterocycles. The molecule has 0 saturated carbocycles. The summed E-state index contributed by atoms with van der Waals surface area (Å²) >= 11 is 0. The van der Waals surface area contributed by atoms with Crippen LogP contribution in [0, 0.1) is 0 Å². The monoisotopic (exact) mass is 326 g/mol. The van der Waals surface area contributed by atoms with Gasteiger partial charge in [0.25, 0.3) is 0 Å². The van der Waals surface area contributed by atoms with E-state index in [-0.39, 0.29) is 0 Å². The van der Waals surface area contributed by atoms with Crippen LogP contribution in [0.5, 0.6) is 5.75 Å². The number of nitrogens with one attached hydrogen (secondary N) is 1. The molecule has 0 bridgehead atoms. The first-order valence-corrected chi connectivity index (χ1v) is 8.64. The van der Waals surface area contributed by atoms with Gasteiger partial charge in [0, 0.05) is 25.7 Å². The van der Waals surface area contributed by atoms with E-state index in [4.69, 9.17) is 9.72 Å². The van der Waals surface area contributed by atoms with Crippen molar-refractivity contribution in [3.63, 3.8) is 0 Å². The summed E-state index contributed by atoms with van der Waals surface area (Å²) in [6.07, 6.45) is 1.00. The topological polar surface area (TPSA) is 50.3 Å². The highest BCUT2D eigenvalue weighted by Gasteiger charge is 2.20. The second-order valence-corrected chi connectivity index (χ2v) is 6.47. The first kappa shape index (κ1) is 16.6. The van der Waals surface area contributed by atoms with E-state index >= 15 is 0 Å². The van der Waals surface area contributed by atoms with Gasteiger partial charge in [-0.25, -0.2) is 4.98 Å². The van der Waals surface area contributed by atoms with Gasteiger partial charge in [-0.1, -0.05) is 19.9 Å². The zero-order valence-corrected chi connectivity index (χ0v) is 15.0. The Hall–Kier alpha value is -2.30. The number of hydrogen-bond acceptors (Lipinski definition) is 5. The van der Waals surface area contributed by atoms with Crippen LogP contribution in [0.3, 0.4) is 0 Å². The summed E-state index contributed by atoms with van der Waals surface area (Å²) in [5.41, 5.74) is 3.80. The van der Waals surface area contributed by atoms with Gasteiger partial charge in [-0.3, -0.25) is 0 Å². The average molecular weight is 326 g/mol. The number of aromatic nitrogens is 2. The van der Waals surface area contributed by atoms with Crippen LogP contribution in [0.25, 0.3) is 0 Å². The molecule has 1 aliphatic rings. The van der Waals surface area contributed by atoms with Crippen molar-refractivity contribution in [2.45, 2.75) is 39.7 Å². The molecule has 0 radical (unpaired) electrons. The van der Waals surface area contributed by atoms with Crippen molar-refractivity contribution in [3.05, 3.63) is 41.1 Å². The van der Waals surface area contributed by atoms with Gasteiger partial charge in [0.1, 0.15) is 11.6 Å². The first-order chi connectivity index (χ1) is 11.6. The summed E-state index contributed by atoms with van der Waals surface area (Å²) in [5.74, 6) is 3.04. The van der Waals surface area contributed by atoms with E-state index in [0.29, 0.717) is 5.92 Å². The maximum absolute atomic E-state index is 5.33. The van der Waals surface area contributed by atoms with E-state index < -0.39 is 0 Å². The van der Waals surface area contributed by atoms with Gasteiger partial charge < -0.3 is 15.0 Å². The summed E-state index contributed by atoms with van der Waals surface area (Å²) < 4.78 is 5.33. The zero-order chi connectivity index (χ0) is 17.1. The molecule has 5 heteroatoms. The maximum Gasteiger partial charge on any atom is 0.224 e. The summed E-state index contributed by atoms with van der Waals surface area (Å²) in [4.78, 5) is 11.7. The van der Waals surface area contributed by atoms with Crippen molar-refractivity contribution in [2.75, 3.05) is 30.4 Å². The summed E-state index contributed by atoms with van der Waals surface area (Å²) in [7, 11) is 1.72. The van der Waals surface area contributed by atoms with Crippen LogP contribution in [0.1, 0.15) is 43.5 Å². The average Bonchev–Trinajstić information content (AvgIpc) is 2.60. The number of ether oxygens (including phenoxy) is 1. The van der Waals surface area contributed by atoms with Gasteiger partial charge in [0.2, 0.25) is 5.95 Å². The molecular weight excluding hydrogens is 300 g/mol. The summed E-state index contributed by atoms with van der Waals surface area (Å²) in [6.45, 7) is 9.05. The molecule has 1 aromatic carbocycles. The molecule has 1 aromatic heterocycles. The largest absolute Gasteiger partial charge is 0.497 e. The van der Waals surface area contributed by atoms with Gasteiger partial charge in [0.05, 0.1) is 12.8 Å². The molecule has 0 saturated heterocycles. The van der Waals surface area contributed by atoms with Crippen LogP contribution in [0.2, 0.25) is 0 Å². The molecular formula is C19H26N4O. The molecule has 5 nitrogen and oxygen atoms in total. The second kappa shape index (κ2) is 7.07. The number of methoxy groups -OCH3 is 1. The maximum atomic E-state index is 5.33. The minimum Gasteiger partial charge on any atom is -0.497 e. The number of anilines is 2. The fraction of sp³-hybridized carbons (Fsp3) is 0.474. The molecule has 0 fully saturated rings. The Morgan fingerprint density at radius 2 is 2.04 bits per heavy atom. The van der Waals surface area contributed by atoms with Crippen molar-refractivity contribution in [3.8, 4) is 5.75 Å². The third-order valence-corrected chi connectivity index (χ3v) is 4.41. The van der Waals surface area contributed by atoms with E-state index in [0.717, 1.165) is 49.3 Å². The van der Waals surface area contributed by atoms with Crippen LogP contribution < -0.4 is 15.0 Å². The highest BCUT2D eigenvalue weighted by Crippen LogP contribution is 2.28. The van der Waals surface area contributed by atoms with E-state index in [1.54, 1.807) is 7.11 Å². The predicted octanol–water partition coefficient (Wildman–Crippen LogP) is 3.60. The highest BCUT2D eigenvalue weighted by molar-refractivity contribution is 5.49. The molecule has 0 atom stereocenters. The van der Waals surface area contributed by atoms with Crippen molar-refractivity contribution in [1.82, 2.24) is 9.97 Å². The van der Waals surface area contributed by atoms with Crippen molar-refractivity contribution in [2.24, 2.45) is 0 Å². The van der Waals surface area contributed by atoms with Crippen molar-refractivity contribution >= 4 is 11.8 Å². The number of fused-ring (bicyclic) bond motifs is 1. The normalized spacial score (nSPS) is 13.8. The smallest absolute Gasteiger partial charge is 0.224 e. The predicted molar refractivity (Wildman–Crippen MR) is 98.0 cm³/mol. The van der Waals surface area contributed by atoms with Crippen LogP contribution >= 0.6 is 0 Å². The lowest BCUT2D eigenvalue weighted by molar-refractivity contribution is 0.413. The molecule has 3 rings (SSSR count). The Morgan fingerprint density at radius 1 is 1.21 bits per heavy atom. The van der Waals surface area contributed by atoms with Crippen molar-refractivity contribution < 1.29 is 4.74 Å². The van der Waals surface area contributed by atoms with Crippen LogP contribution in [0.4, 0.5) is 11.8 Å². The fourth-order valence-corrected chi connectivity index (χ4v) is 3.00. The number of benzene rings is 1. The molecule has 1 N–H and O–H groups in total. The van der Waals surface area contributed by atoms with E-state index in [1.165, 1.54) is 11.1 Å². The first-order valence-electron chi connectivity index (χ1n) is 8.64. The third-order valence-electron chi connectivity index (χ3n) is 4.41. The quantitative estimate of drug-likeness (QED) is 0.910. The Bertz CT molecular complexity index is 715. The van der Waals surface area contributed by atoms with Crippen LogP contribution in [-0.4, -0.2) is 30.2 Å². The molecule has 2 heterocycles. The molecule has 128 valence electrons.